The minimum absolute atomic E-state index is 0.0159. The maximum absolute atomic E-state index is 11.9. The van der Waals surface area contributed by atoms with E-state index in [1.165, 1.54) is 24.3 Å². The molecule has 0 saturated heterocycles. The van der Waals surface area contributed by atoms with Crippen LogP contribution in [0.4, 0.5) is 0 Å². The second-order valence-corrected chi connectivity index (χ2v) is 7.38. The second kappa shape index (κ2) is 8.86. The molecule has 26 heavy (non-hydrogen) atoms. The third kappa shape index (κ3) is 6.61. The molecule has 8 heteroatoms. The van der Waals surface area contributed by atoms with Gasteiger partial charge in [0.25, 0.3) is 0 Å². The van der Waals surface area contributed by atoms with E-state index < -0.39 is 22.1 Å². The van der Waals surface area contributed by atoms with Crippen LogP contribution >= 0.6 is 23.2 Å². The number of rotatable bonds is 7. The first-order valence-electron chi connectivity index (χ1n) is 8.12. The lowest BCUT2D eigenvalue weighted by Crippen LogP contribution is -2.24. The number of allylic oxidation sites excluding steroid dienone is 4. The van der Waals surface area contributed by atoms with E-state index >= 15 is 0 Å². The van der Waals surface area contributed by atoms with Crippen molar-refractivity contribution in [1.82, 2.24) is 0 Å². The highest BCUT2D eigenvalue weighted by atomic mass is 35.5. The van der Waals surface area contributed by atoms with Crippen LogP contribution in [-0.4, -0.2) is 45.5 Å². The monoisotopic (exact) mass is 402 g/mol. The smallest absolute Gasteiger partial charge is 0.334 e. The minimum atomic E-state index is -1.56. The number of aliphatic hydroxyl groups is 2. The van der Waals surface area contributed by atoms with Crippen molar-refractivity contribution in [3.63, 3.8) is 0 Å². The molecule has 0 bridgehead atoms. The topological polar surface area (TPSA) is 93.1 Å². The van der Waals surface area contributed by atoms with E-state index in [2.05, 4.69) is 0 Å². The zero-order valence-electron chi connectivity index (χ0n) is 14.0. The Hall–Kier alpha value is -1.60. The summed E-state index contributed by atoms with van der Waals surface area (Å²) in [6.07, 6.45) is 9.86. The number of hydrogen-bond donors (Lipinski definition) is 2. The molecule has 142 valence electrons. The van der Waals surface area contributed by atoms with E-state index in [1.807, 2.05) is 0 Å². The van der Waals surface area contributed by atoms with Gasteiger partial charge in [-0.2, -0.15) is 0 Å². The maximum atomic E-state index is 11.9. The van der Waals surface area contributed by atoms with Gasteiger partial charge in [0.15, 0.2) is 10.1 Å². The van der Waals surface area contributed by atoms with Gasteiger partial charge in [-0.25, -0.2) is 9.59 Å². The molecule has 2 N–H and O–H groups in total. The summed E-state index contributed by atoms with van der Waals surface area (Å²) < 4.78 is 10.2. The summed E-state index contributed by atoms with van der Waals surface area (Å²) in [4.78, 5) is 23.7. The molecule has 0 amide bonds. The molecule has 0 spiro atoms. The van der Waals surface area contributed by atoms with Crippen molar-refractivity contribution in [1.29, 1.82) is 0 Å². The Labute approximate surface area is 161 Å². The van der Waals surface area contributed by atoms with Crippen LogP contribution in [0.5, 0.6) is 0 Å². The van der Waals surface area contributed by atoms with Crippen LogP contribution in [0.2, 0.25) is 0 Å². The Morgan fingerprint density at radius 2 is 1.27 bits per heavy atom. The van der Waals surface area contributed by atoms with Gasteiger partial charge in [-0.15, -0.1) is 0 Å². The third-order valence-corrected chi connectivity index (χ3v) is 4.22. The van der Waals surface area contributed by atoms with E-state index in [9.17, 15) is 19.8 Å². The number of unbranched alkanes of at least 4 members (excludes halogenated alkanes) is 1. The molecule has 0 saturated carbocycles. The van der Waals surface area contributed by atoms with Crippen molar-refractivity contribution < 1.29 is 29.3 Å². The predicted octanol–water partition coefficient (Wildman–Crippen LogP) is 2.48. The summed E-state index contributed by atoms with van der Waals surface area (Å²) >= 11 is 11.5. The first kappa shape index (κ1) is 20.7. The van der Waals surface area contributed by atoms with Crippen LogP contribution in [0.3, 0.4) is 0 Å². The molecule has 2 atom stereocenters. The Balaban J connectivity index is 1.61. The molecule has 0 heterocycles. The van der Waals surface area contributed by atoms with Crippen molar-refractivity contribution in [3.8, 4) is 0 Å². The van der Waals surface area contributed by atoms with Crippen LogP contribution in [0, 0.1) is 0 Å². The van der Waals surface area contributed by atoms with E-state index in [4.69, 9.17) is 32.7 Å². The van der Waals surface area contributed by atoms with Gasteiger partial charge in [0.2, 0.25) is 0 Å². The van der Waals surface area contributed by atoms with Gasteiger partial charge < -0.3 is 19.7 Å². The van der Waals surface area contributed by atoms with Crippen LogP contribution in [-0.2, 0) is 19.1 Å². The lowest BCUT2D eigenvalue weighted by atomic mass is 10.0. The number of carbonyl (C=O) groups excluding carboxylic acids is 2. The average molecular weight is 403 g/mol. The third-order valence-electron chi connectivity index (χ3n) is 3.70. The number of alkyl halides is 2. The van der Waals surface area contributed by atoms with Crippen molar-refractivity contribution in [2.75, 3.05) is 13.2 Å². The molecular weight excluding hydrogens is 383 g/mol. The van der Waals surface area contributed by atoms with Gasteiger partial charge in [-0.3, -0.25) is 0 Å². The highest BCUT2D eigenvalue weighted by Gasteiger charge is 2.28. The Kier molecular flexibility index (Phi) is 7.06. The van der Waals surface area contributed by atoms with Crippen molar-refractivity contribution in [2.45, 2.75) is 35.8 Å². The van der Waals surface area contributed by atoms with Gasteiger partial charge in [-0.05, 0) is 25.0 Å². The fourth-order valence-electron chi connectivity index (χ4n) is 2.39. The molecule has 2 unspecified atom stereocenters. The highest BCUT2D eigenvalue weighted by Crippen LogP contribution is 2.28. The zero-order valence-corrected chi connectivity index (χ0v) is 15.5. The number of hydrogen-bond acceptors (Lipinski definition) is 6. The summed E-state index contributed by atoms with van der Waals surface area (Å²) in [5, 5.41) is 16.2. The van der Waals surface area contributed by atoms with Gasteiger partial charge in [0.05, 0.1) is 13.2 Å². The van der Waals surface area contributed by atoms with Crippen LogP contribution in [0.25, 0.3) is 0 Å². The quantitative estimate of drug-likeness (QED) is 0.386. The summed E-state index contributed by atoms with van der Waals surface area (Å²) in [7, 11) is 0. The first-order valence-corrected chi connectivity index (χ1v) is 8.88. The molecule has 0 fully saturated rings. The van der Waals surface area contributed by atoms with Gasteiger partial charge in [0, 0.05) is 24.0 Å². The standard InChI is InChI=1S/C18H20Cl2O6/c19-17(23)7-3-5-13(11-17)15(21)25-9-1-2-10-26-16(22)14-6-4-8-18(20,24)12-14/h3-8,23-24H,1-2,9-12H2. The molecule has 2 rings (SSSR count). The number of carbonyl (C=O) groups is 2. The lowest BCUT2D eigenvalue weighted by Gasteiger charge is -2.20. The molecule has 0 aromatic carbocycles. The number of esters is 2. The van der Waals surface area contributed by atoms with Crippen LogP contribution in [0.15, 0.2) is 47.6 Å². The van der Waals surface area contributed by atoms with Crippen LogP contribution < -0.4 is 0 Å². The maximum Gasteiger partial charge on any atom is 0.334 e. The normalized spacial score (nSPS) is 27.5. The van der Waals surface area contributed by atoms with Gasteiger partial charge >= 0.3 is 11.9 Å². The Bertz CT molecular complexity index is 615. The zero-order chi connectivity index (χ0) is 19.2. The molecule has 0 radical (unpaired) electrons. The Morgan fingerprint density at radius 3 is 1.62 bits per heavy atom. The SMILES string of the molecule is O=C(OCCCCOC(=O)C1=CC=CC(O)(Cl)C1)C1=CC=CC(O)(Cl)C1. The fourth-order valence-corrected chi connectivity index (χ4v) is 2.83. The molecule has 2 aliphatic carbocycles. The van der Waals surface area contributed by atoms with Crippen molar-refractivity contribution in [2.24, 2.45) is 0 Å². The summed E-state index contributed by atoms with van der Waals surface area (Å²) in [6, 6.07) is 0. The molecule has 6 nitrogen and oxygen atoms in total. The average Bonchev–Trinajstić information content (AvgIpc) is 2.55. The molecule has 0 aliphatic heterocycles. The van der Waals surface area contributed by atoms with E-state index in [0.29, 0.717) is 24.0 Å². The highest BCUT2D eigenvalue weighted by molar-refractivity contribution is 6.25. The largest absolute Gasteiger partial charge is 0.462 e. The van der Waals surface area contributed by atoms with Crippen molar-refractivity contribution in [3.05, 3.63) is 47.6 Å². The summed E-state index contributed by atoms with van der Waals surface area (Å²) in [6.45, 7) is 0.316. The molecule has 0 aromatic rings. The summed E-state index contributed by atoms with van der Waals surface area (Å²) in [5.41, 5.74) is 0.588. The van der Waals surface area contributed by atoms with Crippen molar-refractivity contribution >= 4 is 35.1 Å². The van der Waals surface area contributed by atoms with Crippen LogP contribution in [0.1, 0.15) is 25.7 Å². The summed E-state index contributed by atoms with van der Waals surface area (Å²) in [5.74, 6) is -1.07. The number of ether oxygens (including phenoxy) is 2. The predicted molar refractivity (Wildman–Crippen MR) is 96.4 cm³/mol. The lowest BCUT2D eigenvalue weighted by molar-refractivity contribution is -0.142. The minimum Gasteiger partial charge on any atom is -0.462 e. The van der Waals surface area contributed by atoms with E-state index in [-0.39, 0.29) is 26.1 Å². The van der Waals surface area contributed by atoms with Gasteiger partial charge in [-0.1, -0.05) is 47.5 Å². The molecule has 0 aromatic heterocycles. The molecular formula is C18H20Cl2O6. The second-order valence-electron chi connectivity index (χ2n) is 6.07. The van der Waals surface area contributed by atoms with E-state index in [1.54, 1.807) is 12.2 Å². The van der Waals surface area contributed by atoms with E-state index in [0.717, 1.165) is 0 Å². The fraction of sp³-hybridized carbons (Fsp3) is 0.444. The number of halogens is 2. The van der Waals surface area contributed by atoms with Gasteiger partial charge in [0.1, 0.15) is 0 Å². The molecule has 2 aliphatic rings. The Morgan fingerprint density at radius 1 is 0.885 bits per heavy atom. The first-order chi connectivity index (χ1) is 12.2.